The van der Waals surface area contributed by atoms with E-state index < -0.39 is 17.0 Å². The van der Waals surface area contributed by atoms with Gasteiger partial charge < -0.3 is 9.47 Å². The molecule has 31 heavy (non-hydrogen) atoms. The van der Waals surface area contributed by atoms with Gasteiger partial charge in [-0.2, -0.15) is 0 Å². The third-order valence-electron chi connectivity index (χ3n) is 6.06. The molecule has 5 rings (SSSR count). The van der Waals surface area contributed by atoms with Crippen LogP contribution in [0.5, 0.6) is 11.5 Å². The number of ketones is 1. The Bertz CT molecular complexity index is 1230. The zero-order chi connectivity index (χ0) is 22.1. The first-order valence-electron chi connectivity index (χ1n) is 10.4. The average Bonchev–Trinajstić information content (AvgIpc) is 2.99. The molecule has 156 valence electrons. The smallest absolute Gasteiger partial charge is 0.340 e. The van der Waals surface area contributed by atoms with Crippen LogP contribution in [-0.4, -0.2) is 11.8 Å². The van der Waals surface area contributed by atoms with Gasteiger partial charge in [0.1, 0.15) is 11.5 Å². The van der Waals surface area contributed by atoms with Crippen molar-refractivity contribution in [2.75, 3.05) is 0 Å². The highest BCUT2D eigenvalue weighted by atomic mass is 16.6. The predicted molar refractivity (Wildman–Crippen MR) is 118 cm³/mol. The molecule has 0 N–H and O–H groups in total. The van der Waals surface area contributed by atoms with Crippen molar-refractivity contribution in [2.45, 2.75) is 40.2 Å². The van der Waals surface area contributed by atoms with E-state index in [0.29, 0.717) is 28.2 Å². The highest BCUT2D eigenvalue weighted by Gasteiger charge is 2.53. The summed E-state index contributed by atoms with van der Waals surface area (Å²) in [6.07, 6.45) is 0. The summed E-state index contributed by atoms with van der Waals surface area (Å²) in [6, 6.07) is 17.0. The zero-order valence-corrected chi connectivity index (χ0v) is 18.3. The van der Waals surface area contributed by atoms with Gasteiger partial charge >= 0.3 is 5.97 Å². The van der Waals surface area contributed by atoms with Crippen LogP contribution in [0, 0.1) is 19.3 Å². The molecule has 0 radical (unpaired) electrons. The summed E-state index contributed by atoms with van der Waals surface area (Å²) in [5.41, 5.74) is 3.67. The van der Waals surface area contributed by atoms with Gasteiger partial charge in [0.15, 0.2) is 11.4 Å². The first-order chi connectivity index (χ1) is 14.6. The van der Waals surface area contributed by atoms with Crippen molar-refractivity contribution in [2.24, 2.45) is 5.41 Å². The predicted octanol–water partition coefficient (Wildman–Crippen LogP) is 6.10. The molecule has 2 aliphatic rings. The van der Waals surface area contributed by atoms with Crippen LogP contribution in [0.15, 0.2) is 54.6 Å². The molecule has 0 atom stereocenters. The summed E-state index contributed by atoms with van der Waals surface area (Å²) < 4.78 is 12.4. The number of fused-ring (bicyclic) bond motifs is 6. The van der Waals surface area contributed by atoms with E-state index in [-0.39, 0.29) is 5.78 Å². The lowest BCUT2D eigenvalue weighted by atomic mass is 9.76. The number of carbonyl (C=O) groups excluding carboxylic acids is 2. The highest BCUT2D eigenvalue weighted by Crippen LogP contribution is 2.56. The molecular formula is C27H24O4. The minimum atomic E-state index is -1.15. The molecule has 2 heterocycles. The highest BCUT2D eigenvalue weighted by molar-refractivity contribution is 6.03. The largest absolute Gasteiger partial charge is 0.456 e. The van der Waals surface area contributed by atoms with Crippen LogP contribution in [0.25, 0.3) is 0 Å². The monoisotopic (exact) mass is 412 g/mol. The van der Waals surface area contributed by atoms with E-state index in [1.165, 1.54) is 0 Å². The SMILES string of the molecule is Cc1ccc2c(c1)Oc1cc(C)ccc1C21OC(=O)c2ccc(C(=O)C(C)(C)C)cc21. The van der Waals surface area contributed by atoms with Gasteiger partial charge in [0.2, 0.25) is 0 Å². The summed E-state index contributed by atoms with van der Waals surface area (Å²) in [6.45, 7) is 9.67. The van der Waals surface area contributed by atoms with Crippen molar-refractivity contribution in [3.8, 4) is 11.5 Å². The standard InChI is InChI=1S/C27H24O4/c1-15-6-10-19-22(12-15)30-23-13-16(2)7-11-20(23)27(19)21-14-17(24(28)26(3,4)5)8-9-18(21)25(29)31-27/h6-14H,1-5H3. The maximum atomic E-state index is 13.0. The van der Waals surface area contributed by atoms with Crippen molar-refractivity contribution in [1.82, 2.24) is 0 Å². The van der Waals surface area contributed by atoms with Crippen molar-refractivity contribution < 1.29 is 19.1 Å². The van der Waals surface area contributed by atoms with Crippen LogP contribution in [-0.2, 0) is 10.3 Å². The molecule has 0 amide bonds. The van der Waals surface area contributed by atoms with Gasteiger partial charge in [0.25, 0.3) is 0 Å². The number of benzene rings is 3. The van der Waals surface area contributed by atoms with E-state index in [1.54, 1.807) is 12.1 Å². The lowest BCUT2D eigenvalue weighted by molar-refractivity contribution is 0.0224. The molecule has 3 aromatic rings. The molecule has 0 fully saturated rings. The number of rotatable bonds is 1. The number of Topliss-reactive ketones (excluding diaryl/α,β-unsaturated/α-hetero) is 1. The average molecular weight is 412 g/mol. The summed E-state index contributed by atoms with van der Waals surface area (Å²) in [7, 11) is 0. The first-order valence-corrected chi connectivity index (χ1v) is 10.4. The van der Waals surface area contributed by atoms with Crippen LogP contribution in [0.2, 0.25) is 0 Å². The maximum Gasteiger partial charge on any atom is 0.340 e. The Labute approximate surface area is 181 Å². The topological polar surface area (TPSA) is 52.6 Å². The van der Waals surface area contributed by atoms with Crippen LogP contribution in [0.3, 0.4) is 0 Å². The number of ether oxygens (including phenoxy) is 2. The number of hydrogen-bond acceptors (Lipinski definition) is 4. The van der Waals surface area contributed by atoms with Gasteiger partial charge in [-0.1, -0.05) is 51.1 Å². The van der Waals surface area contributed by atoms with Crippen molar-refractivity contribution in [3.05, 3.63) is 93.5 Å². The lowest BCUT2D eigenvalue weighted by Crippen LogP contribution is -2.33. The third-order valence-corrected chi connectivity index (χ3v) is 6.06. The first kappa shape index (κ1) is 19.6. The van der Waals surface area contributed by atoms with Gasteiger partial charge in [-0.15, -0.1) is 0 Å². The molecule has 2 aliphatic heterocycles. The van der Waals surface area contributed by atoms with Crippen molar-refractivity contribution in [1.29, 1.82) is 0 Å². The van der Waals surface area contributed by atoms with Gasteiger partial charge in [-0.25, -0.2) is 4.79 Å². The Balaban J connectivity index is 1.84. The van der Waals surface area contributed by atoms with Crippen molar-refractivity contribution in [3.63, 3.8) is 0 Å². The Hall–Kier alpha value is -3.40. The Kier molecular flexibility index (Phi) is 3.97. The molecular weight excluding hydrogens is 388 g/mol. The van der Waals surface area contributed by atoms with E-state index in [1.807, 2.05) is 77.1 Å². The normalized spacial score (nSPS) is 15.6. The number of esters is 1. The third kappa shape index (κ3) is 2.74. The lowest BCUT2D eigenvalue weighted by Gasteiger charge is -2.37. The fourth-order valence-electron chi connectivity index (χ4n) is 4.51. The van der Waals surface area contributed by atoms with Crippen molar-refractivity contribution >= 4 is 11.8 Å². The molecule has 0 saturated carbocycles. The minimum absolute atomic E-state index is 0.0186. The summed E-state index contributed by atoms with van der Waals surface area (Å²) in [4.78, 5) is 26.1. The molecule has 0 bridgehead atoms. The number of hydrogen-bond donors (Lipinski definition) is 0. The summed E-state index contributed by atoms with van der Waals surface area (Å²) in [5.74, 6) is 0.937. The van der Waals surface area contributed by atoms with E-state index >= 15 is 0 Å². The fraction of sp³-hybridized carbons (Fsp3) is 0.259. The van der Waals surface area contributed by atoms with Gasteiger partial charge in [-0.05, 0) is 49.2 Å². The van der Waals surface area contributed by atoms with E-state index in [4.69, 9.17) is 9.47 Å². The molecule has 0 saturated heterocycles. The fourth-order valence-corrected chi connectivity index (χ4v) is 4.51. The van der Waals surface area contributed by atoms with Gasteiger partial charge in [-0.3, -0.25) is 4.79 Å². The van der Waals surface area contributed by atoms with E-state index in [9.17, 15) is 9.59 Å². The zero-order valence-electron chi connectivity index (χ0n) is 18.3. The molecule has 0 unspecified atom stereocenters. The van der Waals surface area contributed by atoms with E-state index in [0.717, 1.165) is 22.3 Å². The molecule has 3 aromatic carbocycles. The maximum absolute atomic E-state index is 13.0. The Morgan fingerprint density at radius 1 is 0.806 bits per heavy atom. The van der Waals surface area contributed by atoms with Gasteiger partial charge in [0.05, 0.1) is 5.56 Å². The molecule has 0 aliphatic carbocycles. The van der Waals surface area contributed by atoms with Crippen LogP contribution >= 0.6 is 0 Å². The number of carbonyl (C=O) groups is 2. The second-order valence-electron chi connectivity index (χ2n) is 9.51. The summed E-state index contributed by atoms with van der Waals surface area (Å²) >= 11 is 0. The van der Waals surface area contributed by atoms with Crippen LogP contribution < -0.4 is 4.74 Å². The molecule has 1 spiro atoms. The molecule has 0 aromatic heterocycles. The molecule has 4 heteroatoms. The quantitative estimate of drug-likeness (QED) is 0.358. The van der Waals surface area contributed by atoms with Crippen LogP contribution in [0.1, 0.15) is 69.3 Å². The second kappa shape index (κ2) is 6.30. The number of aryl methyl sites for hydroxylation is 2. The summed E-state index contributed by atoms with van der Waals surface area (Å²) in [5, 5.41) is 0. The van der Waals surface area contributed by atoms with Crippen LogP contribution in [0.4, 0.5) is 0 Å². The van der Waals surface area contributed by atoms with E-state index in [2.05, 4.69) is 0 Å². The Morgan fingerprint density at radius 3 is 1.94 bits per heavy atom. The Morgan fingerprint density at radius 2 is 1.39 bits per heavy atom. The van der Waals surface area contributed by atoms with Gasteiger partial charge in [0, 0.05) is 27.7 Å². The second-order valence-corrected chi connectivity index (χ2v) is 9.51. The molecule has 4 nitrogen and oxygen atoms in total. The minimum Gasteiger partial charge on any atom is -0.456 e.